The molecule has 2 aromatic carbocycles. The molecule has 0 aliphatic heterocycles. The summed E-state index contributed by atoms with van der Waals surface area (Å²) in [6.07, 6.45) is -0.661. The zero-order valence-corrected chi connectivity index (χ0v) is 17.9. The summed E-state index contributed by atoms with van der Waals surface area (Å²) in [5, 5.41) is 6.29. The minimum Gasteiger partial charge on any atom is -0.494 e. The second-order valence-corrected chi connectivity index (χ2v) is 7.89. The van der Waals surface area contributed by atoms with Crippen molar-refractivity contribution >= 4 is 5.91 Å². The zero-order valence-electron chi connectivity index (χ0n) is 17.9. The third-order valence-electron chi connectivity index (χ3n) is 5.87. The van der Waals surface area contributed by atoms with Gasteiger partial charge in [-0.05, 0) is 75.0 Å². The summed E-state index contributed by atoms with van der Waals surface area (Å²) in [5.41, 5.74) is 1.57. The number of nitrogens with one attached hydrogen (secondary N) is 2. The lowest BCUT2D eigenvalue weighted by atomic mass is 9.85. The number of alkyl halides is 3. The van der Waals surface area contributed by atoms with Gasteiger partial charge in [-0.1, -0.05) is 18.2 Å². The summed E-state index contributed by atoms with van der Waals surface area (Å²) in [6.45, 7) is 2.68. The van der Waals surface area contributed by atoms with Crippen LogP contribution < -0.4 is 15.4 Å². The van der Waals surface area contributed by atoms with E-state index in [9.17, 15) is 18.0 Å². The minimum absolute atomic E-state index is 0.0123. The van der Waals surface area contributed by atoms with Crippen molar-refractivity contribution in [2.24, 2.45) is 5.92 Å². The molecule has 168 valence electrons. The standard InChI is InChI=1S/C24H29F3N2O2/c1-3-31-22-13-8-18(16-4-9-20(10-5-16)24(25,26)27)14-19(22)15-29-23(30)17-6-11-21(28-2)12-7-17/h4-5,8-10,13-14,17,21,28H,3,6-7,11-12,15H2,1-2H3,(H,29,30). The van der Waals surface area contributed by atoms with Crippen molar-refractivity contribution in [3.05, 3.63) is 53.6 Å². The van der Waals surface area contributed by atoms with E-state index in [2.05, 4.69) is 10.6 Å². The molecule has 31 heavy (non-hydrogen) atoms. The highest BCUT2D eigenvalue weighted by molar-refractivity contribution is 5.79. The van der Waals surface area contributed by atoms with Crippen LogP contribution in [-0.2, 0) is 17.5 Å². The largest absolute Gasteiger partial charge is 0.494 e. The van der Waals surface area contributed by atoms with Gasteiger partial charge >= 0.3 is 6.18 Å². The van der Waals surface area contributed by atoms with Gasteiger partial charge in [0.1, 0.15) is 5.75 Å². The number of rotatable bonds is 7. The molecule has 1 amide bonds. The van der Waals surface area contributed by atoms with Gasteiger partial charge in [0.05, 0.1) is 12.2 Å². The van der Waals surface area contributed by atoms with Crippen LogP contribution in [0.3, 0.4) is 0 Å². The minimum atomic E-state index is -4.36. The first-order chi connectivity index (χ1) is 14.8. The average molecular weight is 435 g/mol. The summed E-state index contributed by atoms with van der Waals surface area (Å²) in [6, 6.07) is 11.0. The monoisotopic (exact) mass is 434 g/mol. The lowest BCUT2D eigenvalue weighted by Gasteiger charge is -2.27. The molecule has 4 nitrogen and oxygen atoms in total. The molecule has 3 rings (SSSR count). The quantitative estimate of drug-likeness (QED) is 0.633. The van der Waals surface area contributed by atoms with Crippen LogP contribution in [0.1, 0.15) is 43.7 Å². The van der Waals surface area contributed by atoms with E-state index >= 15 is 0 Å². The fraction of sp³-hybridized carbons (Fsp3) is 0.458. The van der Waals surface area contributed by atoms with Crippen LogP contribution in [0, 0.1) is 5.92 Å². The van der Waals surface area contributed by atoms with E-state index in [1.54, 1.807) is 6.07 Å². The molecule has 2 aromatic rings. The third-order valence-corrected chi connectivity index (χ3v) is 5.87. The first kappa shape index (κ1) is 23.1. The maximum absolute atomic E-state index is 12.8. The van der Waals surface area contributed by atoms with Crippen LogP contribution >= 0.6 is 0 Å². The Bertz CT molecular complexity index is 873. The molecular weight excluding hydrogens is 405 g/mol. The van der Waals surface area contributed by atoms with E-state index in [0.717, 1.165) is 48.9 Å². The number of ether oxygens (including phenoxy) is 1. The van der Waals surface area contributed by atoms with Gasteiger partial charge in [-0.15, -0.1) is 0 Å². The highest BCUT2D eigenvalue weighted by atomic mass is 19.4. The van der Waals surface area contributed by atoms with Gasteiger partial charge < -0.3 is 15.4 Å². The molecule has 1 aliphatic rings. The van der Waals surface area contributed by atoms with E-state index in [-0.39, 0.29) is 11.8 Å². The molecule has 1 fully saturated rings. The fourth-order valence-corrected chi connectivity index (χ4v) is 4.02. The van der Waals surface area contributed by atoms with E-state index in [1.165, 1.54) is 12.1 Å². The van der Waals surface area contributed by atoms with Crippen molar-refractivity contribution in [3.63, 3.8) is 0 Å². The second-order valence-electron chi connectivity index (χ2n) is 7.89. The average Bonchev–Trinajstić information content (AvgIpc) is 2.78. The van der Waals surface area contributed by atoms with Crippen molar-refractivity contribution < 1.29 is 22.7 Å². The molecule has 1 saturated carbocycles. The van der Waals surface area contributed by atoms with Gasteiger partial charge in [0.2, 0.25) is 5.91 Å². The Morgan fingerprint density at radius 3 is 2.26 bits per heavy atom. The molecule has 7 heteroatoms. The number of amides is 1. The van der Waals surface area contributed by atoms with Crippen LogP contribution in [0.25, 0.3) is 11.1 Å². The maximum Gasteiger partial charge on any atom is 0.416 e. The lowest BCUT2D eigenvalue weighted by molar-refractivity contribution is -0.137. The smallest absolute Gasteiger partial charge is 0.416 e. The molecule has 0 spiro atoms. The van der Waals surface area contributed by atoms with E-state index in [0.29, 0.717) is 30.5 Å². The zero-order chi connectivity index (χ0) is 22.4. The van der Waals surface area contributed by atoms with E-state index in [1.807, 2.05) is 26.1 Å². The topological polar surface area (TPSA) is 50.4 Å². The highest BCUT2D eigenvalue weighted by Gasteiger charge is 2.30. The van der Waals surface area contributed by atoms with Crippen molar-refractivity contribution in [3.8, 4) is 16.9 Å². The Hall–Kier alpha value is -2.54. The van der Waals surface area contributed by atoms with Crippen molar-refractivity contribution in [2.45, 2.75) is 51.4 Å². The number of carbonyl (C=O) groups excluding carboxylic acids is 1. The lowest BCUT2D eigenvalue weighted by Crippen LogP contribution is -2.37. The first-order valence-electron chi connectivity index (χ1n) is 10.7. The molecule has 0 atom stereocenters. The molecule has 0 bridgehead atoms. The van der Waals surface area contributed by atoms with Crippen molar-refractivity contribution in [2.75, 3.05) is 13.7 Å². The number of hydrogen-bond acceptors (Lipinski definition) is 3. The molecule has 0 aromatic heterocycles. The molecule has 1 aliphatic carbocycles. The number of hydrogen-bond donors (Lipinski definition) is 2. The number of benzene rings is 2. The van der Waals surface area contributed by atoms with Gasteiger partial charge in [-0.2, -0.15) is 13.2 Å². The Balaban J connectivity index is 1.72. The molecule has 0 radical (unpaired) electrons. The van der Waals surface area contributed by atoms with Crippen LogP contribution in [0.5, 0.6) is 5.75 Å². The first-order valence-corrected chi connectivity index (χ1v) is 10.7. The van der Waals surface area contributed by atoms with Crippen molar-refractivity contribution in [1.29, 1.82) is 0 Å². The molecule has 0 unspecified atom stereocenters. The summed E-state index contributed by atoms with van der Waals surface area (Å²) in [7, 11) is 1.95. The van der Waals surface area contributed by atoms with Gasteiger partial charge in [-0.3, -0.25) is 4.79 Å². The summed E-state index contributed by atoms with van der Waals surface area (Å²) < 4.78 is 44.2. The second kappa shape index (κ2) is 10.2. The van der Waals surface area contributed by atoms with E-state index in [4.69, 9.17) is 4.74 Å². The predicted octanol–water partition coefficient (Wildman–Crippen LogP) is 5.17. The summed E-state index contributed by atoms with van der Waals surface area (Å²) in [4.78, 5) is 12.6. The predicted molar refractivity (Wildman–Crippen MR) is 115 cm³/mol. The Labute approximate surface area is 181 Å². The number of carbonyl (C=O) groups is 1. The molecule has 2 N–H and O–H groups in total. The van der Waals surface area contributed by atoms with E-state index < -0.39 is 11.7 Å². The van der Waals surface area contributed by atoms with Crippen LogP contribution in [-0.4, -0.2) is 25.6 Å². The van der Waals surface area contributed by atoms with Crippen LogP contribution in [0.2, 0.25) is 0 Å². The molecular formula is C24H29F3N2O2. The van der Waals surface area contributed by atoms with Crippen molar-refractivity contribution in [1.82, 2.24) is 10.6 Å². The van der Waals surface area contributed by atoms with Gasteiger partial charge in [-0.25, -0.2) is 0 Å². The number of halogens is 3. The Morgan fingerprint density at radius 1 is 1.03 bits per heavy atom. The van der Waals surface area contributed by atoms with Gasteiger partial charge in [0, 0.05) is 24.1 Å². The Kier molecular flexibility index (Phi) is 7.59. The molecule has 0 saturated heterocycles. The SMILES string of the molecule is CCOc1ccc(-c2ccc(C(F)(F)F)cc2)cc1CNC(=O)C1CCC(NC)CC1. The van der Waals surface area contributed by atoms with Crippen LogP contribution in [0.4, 0.5) is 13.2 Å². The maximum atomic E-state index is 12.8. The fourth-order valence-electron chi connectivity index (χ4n) is 4.02. The van der Waals surface area contributed by atoms with Gasteiger partial charge in [0.25, 0.3) is 0 Å². The molecule has 0 heterocycles. The normalized spacial score (nSPS) is 19.1. The third kappa shape index (κ3) is 6.00. The highest BCUT2D eigenvalue weighted by Crippen LogP contribution is 2.32. The summed E-state index contributed by atoms with van der Waals surface area (Å²) >= 11 is 0. The summed E-state index contributed by atoms with van der Waals surface area (Å²) in [5.74, 6) is 0.715. The Morgan fingerprint density at radius 2 is 1.68 bits per heavy atom. The van der Waals surface area contributed by atoms with Gasteiger partial charge in [0.15, 0.2) is 0 Å². The van der Waals surface area contributed by atoms with Crippen LogP contribution in [0.15, 0.2) is 42.5 Å².